The fraction of sp³-hybridized carbons (Fsp3) is 0.571. The molecule has 1 saturated carbocycles. The predicted octanol–water partition coefficient (Wildman–Crippen LogP) is 4.46. The van der Waals surface area contributed by atoms with Crippen LogP contribution in [0.2, 0.25) is 0 Å². The summed E-state index contributed by atoms with van der Waals surface area (Å²) in [7, 11) is 0. The molecule has 0 heterocycles. The van der Waals surface area contributed by atoms with Gasteiger partial charge in [-0.3, -0.25) is 0 Å². The molecule has 1 aliphatic carbocycles. The van der Waals surface area contributed by atoms with Gasteiger partial charge in [0, 0.05) is 0 Å². The van der Waals surface area contributed by atoms with Crippen molar-refractivity contribution < 1.29 is 0 Å². The number of hydrogen-bond donors (Lipinski definition) is 0. The van der Waals surface area contributed by atoms with Gasteiger partial charge in [-0.15, -0.1) is 0 Å². The van der Waals surface area contributed by atoms with E-state index in [1.807, 2.05) is 13.8 Å². The van der Waals surface area contributed by atoms with Crippen LogP contribution >= 0.6 is 0 Å². The first-order chi connectivity index (χ1) is 6.77. The van der Waals surface area contributed by atoms with Crippen molar-refractivity contribution in [2.24, 2.45) is 0 Å². The Morgan fingerprint density at radius 2 is 1.57 bits per heavy atom. The molecule has 0 bridgehead atoms. The molecule has 1 aromatic rings. The molecule has 0 saturated heterocycles. The van der Waals surface area contributed by atoms with Gasteiger partial charge in [-0.2, -0.15) is 0 Å². The van der Waals surface area contributed by atoms with Crippen LogP contribution in [0.4, 0.5) is 0 Å². The molecule has 1 fully saturated rings. The van der Waals surface area contributed by atoms with E-state index in [-0.39, 0.29) is 0 Å². The maximum Gasteiger partial charge on any atom is -0.00489 e. The molecule has 1 aliphatic rings. The molecule has 0 heteroatoms. The molecule has 0 radical (unpaired) electrons. The van der Waals surface area contributed by atoms with E-state index in [0.29, 0.717) is 5.41 Å². The highest BCUT2D eigenvalue weighted by atomic mass is 14.5. The van der Waals surface area contributed by atoms with Crippen molar-refractivity contribution in [3.05, 3.63) is 35.4 Å². The highest BCUT2D eigenvalue weighted by Gasteiger charge is 2.41. The van der Waals surface area contributed by atoms with E-state index in [4.69, 9.17) is 0 Å². The Bertz CT molecular complexity index is 265. The first-order valence-electron chi connectivity index (χ1n) is 5.84. The van der Waals surface area contributed by atoms with Crippen molar-refractivity contribution in [2.45, 2.75) is 52.4 Å². The zero-order valence-electron chi connectivity index (χ0n) is 9.93. The predicted molar refractivity (Wildman–Crippen MR) is 63.7 cm³/mol. The minimum atomic E-state index is 0.577. The summed E-state index contributed by atoms with van der Waals surface area (Å²) in [5.41, 5.74) is 3.49. The molecule has 14 heavy (non-hydrogen) atoms. The number of aryl methyl sites for hydroxylation is 1. The summed E-state index contributed by atoms with van der Waals surface area (Å²) in [5, 5.41) is 0. The van der Waals surface area contributed by atoms with Crippen LogP contribution in [0, 0.1) is 6.92 Å². The number of rotatable bonds is 2. The highest BCUT2D eigenvalue weighted by Crippen LogP contribution is 2.50. The van der Waals surface area contributed by atoms with Crippen molar-refractivity contribution in [3.63, 3.8) is 0 Å². The van der Waals surface area contributed by atoms with Crippen LogP contribution in [0.25, 0.3) is 0 Å². The monoisotopic (exact) mass is 190 g/mol. The Kier molecular flexibility index (Phi) is 3.74. The molecule has 0 unspecified atom stereocenters. The van der Waals surface area contributed by atoms with Crippen LogP contribution in [0.5, 0.6) is 0 Å². The van der Waals surface area contributed by atoms with E-state index < -0.39 is 0 Å². The Hall–Kier alpha value is -0.780. The Balaban J connectivity index is 0.000000461. The average molecular weight is 190 g/mol. The molecule has 2 rings (SSSR count). The standard InChI is InChI=1S/C12H16.C2H6/c1-3-12(8-9-12)11-6-4-10(2)5-7-11;1-2/h4-7H,3,8-9H2,1-2H3;1-2H3. The Labute approximate surface area is 88.4 Å². The lowest BCUT2D eigenvalue weighted by Gasteiger charge is -2.12. The van der Waals surface area contributed by atoms with Crippen LogP contribution in [0.15, 0.2) is 24.3 Å². The van der Waals surface area contributed by atoms with Gasteiger partial charge in [0.15, 0.2) is 0 Å². The lowest BCUT2D eigenvalue weighted by atomic mass is 9.93. The van der Waals surface area contributed by atoms with E-state index in [1.165, 1.54) is 24.8 Å². The first kappa shape index (κ1) is 11.3. The summed E-state index contributed by atoms with van der Waals surface area (Å²) in [6.45, 7) is 8.45. The smallest absolute Gasteiger partial charge is 0.00489 e. The van der Waals surface area contributed by atoms with E-state index in [1.54, 1.807) is 5.56 Å². The maximum absolute atomic E-state index is 2.30. The van der Waals surface area contributed by atoms with Crippen molar-refractivity contribution in [1.82, 2.24) is 0 Å². The number of hydrogen-bond acceptors (Lipinski definition) is 0. The fourth-order valence-electron chi connectivity index (χ4n) is 1.90. The molecular formula is C14H22. The molecule has 0 N–H and O–H groups in total. The van der Waals surface area contributed by atoms with E-state index in [0.717, 1.165) is 0 Å². The van der Waals surface area contributed by atoms with Gasteiger partial charge >= 0.3 is 0 Å². The molecule has 0 aliphatic heterocycles. The van der Waals surface area contributed by atoms with Crippen molar-refractivity contribution in [1.29, 1.82) is 0 Å². The molecule has 0 amide bonds. The molecule has 0 spiro atoms. The second-order valence-corrected chi connectivity index (χ2v) is 4.00. The molecule has 0 aromatic heterocycles. The quantitative estimate of drug-likeness (QED) is 0.645. The van der Waals surface area contributed by atoms with Gasteiger partial charge in [0.1, 0.15) is 0 Å². The summed E-state index contributed by atoms with van der Waals surface area (Å²) < 4.78 is 0. The topological polar surface area (TPSA) is 0 Å². The molecule has 0 atom stereocenters. The van der Waals surface area contributed by atoms with Crippen LogP contribution in [0.3, 0.4) is 0 Å². The SMILES string of the molecule is CC.CCC1(c2ccc(C)cc2)CC1. The van der Waals surface area contributed by atoms with Gasteiger partial charge in [-0.05, 0) is 37.2 Å². The summed E-state index contributed by atoms with van der Waals surface area (Å²) >= 11 is 0. The lowest BCUT2D eigenvalue weighted by molar-refractivity contribution is 0.664. The lowest BCUT2D eigenvalue weighted by Crippen LogP contribution is -2.03. The van der Waals surface area contributed by atoms with E-state index >= 15 is 0 Å². The van der Waals surface area contributed by atoms with Crippen LogP contribution in [0.1, 0.15) is 51.2 Å². The van der Waals surface area contributed by atoms with Gasteiger partial charge in [0.2, 0.25) is 0 Å². The highest BCUT2D eigenvalue weighted by molar-refractivity contribution is 5.32. The average Bonchev–Trinajstić information content (AvgIpc) is 3.03. The summed E-state index contributed by atoms with van der Waals surface area (Å²) in [4.78, 5) is 0. The second kappa shape index (κ2) is 4.63. The van der Waals surface area contributed by atoms with Crippen molar-refractivity contribution >= 4 is 0 Å². The largest absolute Gasteiger partial charge is 0.0683 e. The first-order valence-corrected chi connectivity index (χ1v) is 5.84. The molecule has 0 nitrogen and oxygen atoms in total. The third-order valence-electron chi connectivity index (χ3n) is 3.19. The second-order valence-electron chi connectivity index (χ2n) is 4.00. The zero-order chi connectivity index (χ0) is 10.6. The molecule has 1 aromatic carbocycles. The van der Waals surface area contributed by atoms with Crippen molar-refractivity contribution in [2.75, 3.05) is 0 Å². The molecular weight excluding hydrogens is 168 g/mol. The van der Waals surface area contributed by atoms with Gasteiger partial charge in [-0.1, -0.05) is 50.6 Å². The minimum absolute atomic E-state index is 0.577. The van der Waals surface area contributed by atoms with Crippen LogP contribution < -0.4 is 0 Å². The van der Waals surface area contributed by atoms with Gasteiger partial charge < -0.3 is 0 Å². The third kappa shape index (κ3) is 2.17. The normalized spacial score (nSPS) is 16.9. The number of benzene rings is 1. The summed E-state index contributed by atoms with van der Waals surface area (Å²) in [5.74, 6) is 0. The third-order valence-corrected chi connectivity index (χ3v) is 3.19. The minimum Gasteiger partial charge on any atom is -0.0683 e. The van der Waals surface area contributed by atoms with Gasteiger partial charge in [-0.25, -0.2) is 0 Å². The summed E-state index contributed by atoms with van der Waals surface area (Å²) in [6, 6.07) is 9.05. The Morgan fingerprint density at radius 3 is 1.93 bits per heavy atom. The van der Waals surface area contributed by atoms with E-state index in [2.05, 4.69) is 38.1 Å². The van der Waals surface area contributed by atoms with E-state index in [9.17, 15) is 0 Å². The maximum atomic E-state index is 2.30. The zero-order valence-corrected chi connectivity index (χ0v) is 9.93. The van der Waals surface area contributed by atoms with Crippen LogP contribution in [-0.2, 0) is 5.41 Å². The van der Waals surface area contributed by atoms with Gasteiger partial charge in [0.25, 0.3) is 0 Å². The fourth-order valence-corrected chi connectivity index (χ4v) is 1.90. The molecule has 78 valence electrons. The Morgan fingerprint density at radius 1 is 1.07 bits per heavy atom. The van der Waals surface area contributed by atoms with Crippen molar-refractivity contribution in [3.8, 4) is 0 Å². The van der Waals surface area contributed by atoms with Gasteiger partial charge in [0.05, 0.1) is 0 Å². The van der Waals surface area contributed by atoms with Crippen LogP contribution in [-0.4, -0.2) is 0 Å². The summed E-state index contributed by atoms with van der Waals surface area (Å²) in [6.07, 6.45) is 4.09.